The second-order valence-electron chi connectivity index (χ2n) is 5.44. The number of halogens is 2. The molecule has 0 radical (unpaired) electrons. The van der Waals surface area contributed by atoms with E-state index >= 15 is 0 Å². The number of aromatic nitrogens is 2. The molecule has 0 saturated carbocycles. The van der Waals surface area contributed by atoms with Crippen LogP contribution in [0.5, 0.6) is 5.75 Å². The van der Waals surface area contributed by atoms with Gasteiger partial charge in [-0.25, -0.2) is 9.48 Å². The van der Waals surface area contributed by atoms with Crippen molar-refractivity contribution in [1.29, 1.82) is 0 Å². The second kappa shape index (κ2) is 6.35. The average Bonchev–Trinajstić information content (AvgIpc) is 3.04. The molecular formula is C18H14F2N2O3. The maximum Gasteiger partial charge on any atom is 0.394 e. The van der Waals surface area contributed by atoms with Crippen LogP contribution in [0.1, 0.15) is 17.3 Å². The van der Waals surface area contributed by atoms with E-state index in [2.05, 4.69) is 9.84 Å². The highest BCUT2D eigenvalue weighted by molar-refractivity contribution is 5.88. The molecular weight excluding hydrogens is 330 g/mol. The molecule has 3 aromatic rings. The number of nitrogens with zero attached hydrogens (tertiary/aromatic N) is 2. The molecule has 5 nitrogen and oxygen atoms in total. The van der Waals surface area contributed by atoms with Gasteiger partial charge in [-0.1, -0.05) is 6.07 Å². The van der Waals surface area contributed by atoms with Gasteiger partial charge in [-0.3, -0.25) is 0 Å². The molecule has 25 heavy (non-hydrogen) atoms. The molecule has 1 aromatic heterocycles. The standard InChI is InChI=1S/C18H14F2N2O3/c1-18(19,20)25-15-7-5-12(6-8-15)16-9-10-22(21-16)14-4-2-3-13(11-14)17(23)24/h2-11H,1H3,(H,23,24). The first kappa shape index (κ1) is 16.6. The van der Waals surface area contributed by atoms with Gasteiger partial charge < -0.3 is 9.84 Å². The number of carboxylic acid groups (broad SMARTS) is 1. The number of alkyl halides is 2. The van der Waals surface area contributed by atoms with Crippen molar-refractivity contribution in [2.24, 2.45) is 0 Å². The number of aromatic carboxylic acids is 1. The van der Waals surface area contributed by atoms with Crippen LogP contribution in [0.4, 0.5) is 8.78 Å². The van der Waals surface area contributed by atoms with E-state index < -0.39 is 12.1 Å². The van der Waals surface area contributed by atoms with Crippen molar-refractivity contribution in [3.05, 3.63) is 66.4 Å². The third-order valence-corrected chi connectivity index (χ3v) is 3.39. The molecule has 1 heterocycles. The van der Waals surface area contributed by atoms with Crippen LogP contribution in [0, 0.1) is 0 Å². The fourth-order valence-electron chi connectivity index (χ4n) is 2.30. The topological polar surface area (TPSA) is 64.3 Å². The van der Waals surface area contributed by atoms with Crippen LogP contribution in [0.3, 0.4) is 0 Å². The lowest BCUT2D eigenvalue weighted by Crippen LogP contribution is -2.18. The van der Waals surface area contributed by atoms with E-state index in [0.29, 0.717) is 18.3 Å². The molecule has 3 rings (SSSR count). The van der Waals surface area contributed by atoms with E-state index in [-0.39, 0.29) is 11.3 Å². The molecule has 2 aromatic carbocycles. The zero-order valence-electron chi connectivity index (χ0n) is 13.2. The van der Waals surface area contributed by atoms with Gasteiger partial charge in [0, 0.05) is 18.7 Å². The molecule has 0 fully saturated rings. The summed E-state index contributed by atoms with van der Waals surface area (Å²) >= 11 is 0. The average molecular weight is 344 g/mol. The fraction of sp³-hybridized carbons (Fsp3) is 0.111. The molecule has 0 unspecified atom stereocenters. The SMILES string of the molecule is CC(F)(F)Oc1ccc(-c2ccn(-c3cccc(C(=O)O)c3)n2)cc1. The zero-order chi connectivity index (χ0) is 18.0. The van der Waals surface area contributed by atoms with Crippen LogP contribution in [0.2, 0.25) is 0 Å². The van der Waals surface area contributed by atoms with Crippen LogP contribution in [0.25, 0.3) is 16.9 Å². The van der Waals surface area contributed by atoms with Gasteiger partial charge in [-0.05, 0) is 48.5 Å². The van der Waals surface area contributed by atoms with Crippen molar-refractivity contribution < 1.29 is 23.4 Å². The summed E-state index contributed by atoms with van der Waals surface area (Å²) < 4.78 is 31.7. The van der Waals surface area contributed by atoms with Crippen molar-refractivity contribution in [1.82, 2.24) is 9.78 Å². The van der Waals surface area contributed by atoms with E-state index in [1.165, 1.54) is 24.3 Å². The first-order chi connectivity index (χ1) is 11.8. The maximum atomic E-state index is 12.8. The smallest absolute Gasteiger partial charge is 0.394 e. The fourth-order valence-corrected chi connectivity index (χ4v) is 2.30. The normalized spacial score (nSPS) is 11.3. The summed E-state index contributed by atoms with van der Waals surface area (Å²) in [4.78, 5) is 11.0. The lowest BCUT2D eigenvalue weighted by Gasteiger charge is -2.12. The minimum Gasteiger partial charge on any atom is -0.478 e. The van der Waals surface area contributed by atoms with Gasteiger partial charge in [0.15, 0.2) is 0 Å². The number of benzene rings is 2. The Hall–Kier alpha value is -3.22. The highest BCUT2D eigenvalue weighted by atomic mass is 19.3. The number of hydrogen-bond acceptors (Lipinski definition) is 3. The summed E-state index contributed by atoms with van der Waals surface area (Å²) in [6.45, 7) is 0.674. The first-order valence-corrected chi connectivity index (χ1v) is 7.38. The summed E-state index contributed by atoms with van der Waals surface area (Å²) in [5, 5.41) is 13.4. The Balaban J connectivity index is 1.84. The number of rotatable bonds is 5. The molecule has 128 valence electrons. The van der Waals surface area contributed by atoms with Crippen LogP contribution < -0.4 is 4.74 Å². The molecule has 0 saturated heterocycles. The highest BCUT2D eigenvalue weighted by Crippen LogP contribution is 2.25. The largest absolute Gasteiger partial charge is 0.478 e. The second-order valence-corrected chi connectivity index (χ2v) is 5.44. The quantitative estimate of drug-likeness (QED) is 0.752. The number of carbonyl (C=O) groups is 1. The Labute approximate surface area is 142 Å². The first-order valence-electron chi connectivity index (χ1n) is 7.38. The van der Waals surface area contributed by atoms with E-state index in [4.69, 9.17) is 5.11 Å². The Morgan fingerprint density at radius 3 is 2.52 bits per heavy atom. The van der Waals surface area contributed by atoms with Crippen LogP contribution in [-0.4, -0.2) is 27.0 Å². The van der Waals surface area contributed by atoms with Crippen LogP contribution in [-0.2, 0) is 0 Å². The summed E-state index contributed by atoms with van der Waals surface area (Å²) in [5.74, 6) is -0.956. The van der Waals surface area contributed by atoms with Crippen molar-refractivity contribution in [2.45, 2.75) is 13.0 Å². The predicted molar refractivity (Wildman–Crippen MR) is 87.2 cm³/mol. The molecule has 0 bridgehead atoms. The van der Waals surface area contributed by atoms with Gasteiger partial charge in [0.05, 0.1) is 16.9 Å². The minimum atomic E-state index is -3.24. The number of carboxylic acids is 1. The molecule has 0 aliphatic rings. The van der Waals surface area contributed by atoms with Gasteiger partial charge in [-0.15, -0.1) is 0 Å². The van der Waals surface area contributed by atoms with Crippen molar-refractivity contribution >= 4 is 5.97 Å². The molecule has 0 spiro atoms. The summed E-state index contributed by atoms with van der Waals surface area (Å²) in [6, 6.07) is 14.3. The van der Waals surface area contributed by atoms with E-state index in [1.807, 2.05) is 0 Å². The molecule has 0 aliphatic carbocycles. The summed E-state index contributed by atoms with van der Waals surface area (Å²) in [6.07, 6.45) is -1.54. The lowest BCUT2D eigenvalue weighted by molar-refractivity contribution is -0.158. The minimum absolute atomic E-state index is 0.0600. The number of ether oxygens (including phenoxy) is 1. The Morgan fingerprint density at radius 2 is 1.88 bits per heavy atom. The lowest BCUT2D eigenvalue weighted by atomic mass is 10.1. The van der Waals surface area contributed by atoms with Gasteiger partial charge >= 0.3 is 12.1 Å². The molecule has 0 amide bonds. The highest BCUT2D eigenvalue weighted by Gasteiger charge is 2.23. The van der Waals surface area contributed by atoms with E-state index in [9.17, 15) is 13.6 Å². The van der Waals surface area contributed by atoms with Gasteiger partial charge in [0.1, 0.15) is 5.75 Å². The van der Waals surface area contributed by atoms with Gasteiger partial charge in [0.25, 0.3) is 0 Å². The zero-order valence-corrected chi connectivity index (χ0v) is 13.2. The van der Waals surface area contributed by atoms with E-state index in [1.54, 1.807) is 41.2 Å². The van der Waals surface area contributed by atoms with Gasteiger partial charge in [-0.2, -0.15) is 13.9 Å². The molecule has 0 atom stereocenters. The Kier molecular flexibility index (Phi) is 4.22. The van der Waals surface area contributed by atoms with Crippen molar-refractivity contribution in [2.75, 3.05) is 0 Å². The molecule has 1 N–H and O–H groups in total. The summed E-state index contributed by atoms with van der Waals surface area (Å²) in [5.41, 5.74) is 2.11. The van der Waals surface area contributed by atoms with Crippen molar-refractivity contribution in [3.63, 3.8) is 0 Å². The third-order valence-electron chi connectivity index (χ3n) is 3.39. The third kappa shape index (κ3) is 4.00. The number of hydrogen-bond donors (Lipinski definition) is 1. The Bertz CT molecular complexity index is 899. The van der Waals surface area contributed by atoms with Crippen molar-refractivity contribution in [3.8, 4) is 22.7 Å². The van der Waals surface area contributed by atoms with Crippen LogP contribution in [0.15, 0.2) is 60.8 Å². The van der Waals surface area contributed by atoms with E-state index in [0.717, 1.165) is 5.56 Å². The van der Waals surface area contributed by atoms with Crippen LogP contribution >= 0.6 is 0 Å². The van der Waals surface area contributed by atoms with Gasteiger partial charge in [0.2, 0.25) is 0 Å². The Morgan fingerprint density at radius 1 is 1.16 bits per heavy atom. The molecule has 0 aliphatic heterocycles. The summed E-state index contributed by atoms with van der Waals surface area (Å²) in [7, 11) is 0. The molecule has 7 heteroatoms. The maximum absolute atomic E-state index is 12.8. The predicted octanol–water partition coefficient (Wildman–Crippen LogP) is 4.23. The monoisotopic (exact) mass is 344 g/mol.